The molecule has 0 nitrogen and oxygen atoms in total. The molecule has 0 aromatic carbocycles. The van der Waals surface area contributed by atoms with Crippen LogP contribution in [0.3, 0.4) is 0 Å². The minimum absolute atomic E-state index is 0.691. The number of hydrogen-bond acceptors (Lipinski definition) is 0. The van der Waals surface area contributed by atoms with E-state index in [-0.39, 0.29) is 0 Å². The molecule has 0 aliphatic rings. The first kappa shape index (κ1) is 9.80. The lowest BCUT2D eigenvalue weighted by atomic mass is 10.0. The van der Waals surface area contributed by atoms with Gasteiger partial charge in [-0.2, -0.15) is 22.2 Å². The van der Waals surface area contributed by atoms with Crippen molar-refractivity contribution in [1.82, 2.24) is 0 Å². The molecule has 0 saturated heterocycles. The fraction of sp³-hybridized carbons (Fsp3) is 1.00. The monoisotopic (exact) mass is 184 g/mol. The highest BCUT2D eigenvalue weighted by Crippen LogP contribution is 2.19. The van der Waals surface area contributed by atoms with Gasteiger partial charge in [-0.25, -0.2) is 0 Å². The van der Waals surface area contributed by atoms with Crippen LogP contribution in [-0.4, -0.2) is 7.42 Å². The third-order valence-corrected chi connectivity index (χ3v) is 3.86. The van der Waals surface area contributed by atoms with Crippen molar-refractivity contribution < 1.29 is 0 Å². The van der Waals surface area contributed by atoms with Crippen LogP contribution in [0.4, 0.5) is 0 Å². The molecule has 0 amide bonds. The fourth-order valence-electron chi connectivity index (χ4n) is 0.553. The highest BCUT2D eigenvalue weighted by Gasteiger charge is 2.12. The minimum atomic E-state index is -1.34. The van der Waals surface area contributed by atoms with E-state index in [1.165, 1.54) is 0 Å². The summed E-state index contributed by atoms with van der Waals surface area (Å²) in [5, 5.41) is 0. The molecule has 1 atom stereocenters. The molecule has 9 heavy (non-hydrogen) atoms. The van der Waals surface area contributed by atoms with Crippen LogP contribution in [-0.2, 0) is 0 Å². The molecule has 0 fully saturated rings. The summed E-state index contributed by atoms with van der Waals surface area (Å²) in [6.07, 6.45) is 0. The quantitative estimate of drug-likeness (QED) is 0.468. The van der Waals surface area contributed by atoms with Gasteiger partial charge in [0.25, 0.3) is 0 Å². The van der Waals surface area contributed by atoms with Crippen LogP contribution >= 0.6 is 22.2 Å². The molecule has 0 aromatic rings. The predicted octanol–water partition coefficient (Wildman–Crippen LogP) is 2.98. The highest BCUT2D eigenvalue weighted by molar-refractivity contribution is 7.33. The van der Waals surface area contributed by atoms with Crippen molar-refractivity contribution in [3.05, 3.63) is 0 Å². The second-order valence-electron chi connectivity index (χ2n) is 2.85. The zero-order valence-corrected chi connectivity index (χ0v) is 8.86. The Kier molecular flexibility index (Phi) is 4.99. The molecule has 0 bridgehead atoms. The summed E-state index contributed by atoms with van der Waals surface area (Å²) < 4.78 is 0. The summed E-state index contributed by atoms with van der Waals surface area (Å²) in [4.78, 5) is 0. The van der Waals surface area contributed by atoms with Gasteiger partial charge in [0.15, 0.2) is 0 Å². The molecule has 0 aliphatic heterocycles. The maximum absolute atomic E-state index is 5.72. The van der Waals surface area contributed by atoms with E-state index in [9.17, 15) is 0 Å². The first-order valence-corrected chi connectivity index (χ1v) is 7.63. The Morgan fingerprint density at radius 2 is 1.67 bits per heavy atom. The van der Waals surface area contributed by atoms with Crippen molar-refractivity contribution in [2.75, 3.05) is 0 Å². The molecule has 0 spiro atoms. The van der Waals surface area contributed by atoms with Gasteiger partial charge in [-0.05, 0) is 17.9 Å². The van der Waals surface area contributed by atoms with Crippen LogP contribution in [0.15, 0.2) is 0 Å². The molecule has 1 unspecified atom stereocenters. The number of halogens is 2. The molecular weight excluding hydrogens is 171 g/mol. The van der Waals surface area contributed by atoms with Gasteiger partial charge in [0, 0.05) is 0 Å². The van der Waals surface area contributed by atoms with Crippen LogP contribution in [0.25, 0.3) is 0 Å². The zero-order valence-electron chi connectivity index (χ0n) is 6.20. The molecule has 3 heteroatoms. The molecule has 0 rings (SSSR count). The molecule has 0 N–H and O–H groups in total. The van der Waals surface area contributed by atoms with Crippen molar-refractivity contribution in [3.8, 4) is 0 Å². The van der Waals surface area contributed by atoms with Gasteiger partial charge in [0.2, 0.25) is 7.42 Å². The maximum atomic E-state index is 5.72. The molecule has 56 valence electrons. The maximum Gasteiger partial charge on any atom is 0.237 e. The summed E-state index contributed by atoms with van der Waals surface area (Å²) in [5.41, 5.74) is 0. The summed E-state index contributed by atoms with van der Waals surface area (Å²) in [6.45, 7) is 6.61. The molecular formula is C6H14Cl2Si. The average Bonchev–Trinajstić information content (AvgIpc) is 1.63. The van der Waals surface area contributed by atoms with E-state index in [1.807, 2.05) is 0 Å². The first-order valence-electron chi connectivity index (χ1n) is 3.32. The predicted molar refractivity (Wildman–Crippen MR) is 47.7 cm³/mol. The third kappa shape index (κ3) is 5.25. The second kappa shape index (κ2) is 4.59. The van der Waals surface area contributed by atoms with Gasteiger partial charge in [0.1, 0.15) is 0 Å². The number of hydrogen-bond donors (Lipinski definition) is 0. The molecule has 0 radical (unpaired) electrons. The first-order chi connectivity index (χ1) is 4.04. The summed E-state index contributed by atoms with van der Waals surface area (Å²) >= 11 is 11.4. The average molecular weight is 185 g/mol. The van der Waals surface area contributed by atoms with Crippen molar-refractivity contribution in [3.63, 3.8) is 0 Å². The summed E-state index contributed by atoms with van der Waals surface area (Å²) in [6, 6.07) is 1.04. The van der Waals surface area contributed by atoms with Crippen LogP contribution in [0.1, 0.15) is 20.8 Å². The largest absolute Gasteiger partial charge is 0.237 e. The van der Waals surface area contributed by atoms with Crippen LogP contribution in [0, 0.1) is 11.8 Å². The Morgan fingerprint density at radius 1 is 1.22 bits per heavy atom. The van der Waals surface area contributed by atoms with Gasteiger partial charge >= 0.3 is 0 Å². The van der Waals surface area contributed by atoms with Gasteiger partial charge < -0.3 is 0 Å². The van der Waals surface area contributed by atoms with Crippen LogP contribution in [0.5, 0.6) is 0 Å². The minimum Gasteiger partial charge on any atom is -0.150 e. The van der Waals surface area contributed by atoms with E-state index in [4.69, 9.17) is 22.2 Å². The SMILES string of the molecule is CC(C)C(C)C[SiH](Cl)Cl. The zero-order chi connectivity index (χ0) is 7.44. The summed E-state index contributed by atoms with van der Waals surface area (Å²) in [7, 11) is -1.34. The molecule has 0 heterocycles. The van der Waals surface area contributed by atoms with E-state index in [1.54, 1.807) is 0 Å². The Bertz CT molecular complexity index is 73.5. The lowest BCUT2D eigenvalue weighted by molar-refractivity contribution is 0.456. The van der Waals surface area contributed by atoms with Crippen molar-refractivity contribution in [1.29, 1.82) is 0 Å². The van der Waals surface area contributed by atoms with Gasteiger partial charge in [0.05, 0.1) is 0 Å². The smallest absolute Gasteiger partial charge is 0.150 e. The van der Waals surface area contributed by atoms with E-state index in [0.717, 1.165) is 12.0 Å². The third-order valence-electron chi connectivity index (χ3n) is 1.69. The highest BCUT2D eigenvalue weighted by atomic mass is 35.7. The van der Waals surface area contributed by atoms with Crippen molar-refractivity contribution in [2.24, 2.45) is 11.8 Å². The van der Waals surface area contributed by atoms with Crippen molar-refractivity contribution >= 4 is 29.6 Å². The van der Waals surface area contributed by atoms with E-state index in [2.05, 4.69) is 20.8 Å². The molecule has 0 aromatic heterocycles. The second-order valence-corrected chi connectivity index (χ2v) is 7.93. The fourth-order valence-corrected chi connectivity index (χ4v) is 3.35. The Morgan fingerprint density at radius 3 is 1.78 bits per heavy atom. The lowest BCUT2D eigenvalue weighted by Crippen LogP contribution is -2.08. The topological polar surface area (TPSA) is 0 Å². The van der Waals surface area contributed by atoms with E-state index >= 15 is 0 Å². The van der Waals surface area contributed by atoms with Gasteiger partial charge in [-0.3, -0.25) is 0 Å². The van der Waals surface area contributed by atoms with Gasteiger partial charge in [-0.1, -0.05) is 20.8 Å². The Balaban J connectivity index is 3.38. The van der Waals surface area contributed by atoms with Crippen molar-refractivity contribution in [2.45, 2.75) is 26.8 Å². The van der Waals surface area contributed by atoms with Crippen LogP contribution in [0.2, 0.25) is 6.04 Å². The van der Waals surface area contributed by atoms with E-state index < -0.39 is 7.42 Å². The molecule has 0 aliphatic carbocycles. The Labute approximate surface area is 68.6 Å². The standard InChI is InChI=1S/C6H14Cl2Si/c1-5(2)6(3)4-9(7)8/h5-6,9H,4H2,1-3H3. The lowest BCUT2D eigenvalue weighted by Gasteiger charge is -2.14. The van der Waals surface area contributed by atoms with E-state index in [0.29, 0.717) is 5.92 Å². The summed E-state index contributed by atoms with van der Waals surface area (Å²) in [5.74, 6) is 1.41. The van der Waals surface area contributed by atoms with Crippen LogP contribution < -0.4 is 0 Å². The normalized spacial score (nSPS) is 15.0. The van der Waals surface area contributed by atoms with Gasteiger partial charge in [-0.15, -0.1) is 0 Å². The number of rotatable bonds is 3. The Hall–Kier alpha value is 0.797. The molecule has 0 saturated carbocycles.